The molecule has 0 spiro atoms. The highest BCUT2D eigenvalue weighted by Gasteiger charge is 2.14. The molecule has 1 saturated heterocycles. The minimum Gasteiger partial charge on any atom is -0.379 e. The number of rotatable bonds is 7. The minimum absolute atomic E-state index is 0.721. The monoisotopic (exact) mass is 417 g/mol. The zero-order chi connectivity index (χ0) is 19.8. The number of ether oxygens (including phenoxy) is 1. The van der Waals surface area contributed by atoms with Gasteiger partial charge >= 0.3 is 0 Å². The normalized spacial score (nSPS) is 14.6. The third-order valence-corrected chi connectivity index (χ3v) is 5.50. The first kappa shape index (κ1) is 21.1. The van der Waals surface area contributed by atoms with Crippen LogP contribution in [0.2, 0.25) is 5.02 Å². The van der Waals surface area contributed by atoms with E-state index in [1.807, 2.05) is 24.3 Å². The fourth-order valence-electron chi connectivity index (χ4n) is 3.21. The molecule has 1 heterocycles. The summed E-state index contributed by atoms with van der Waals surface area (Å²) in [6.07, 6.45) is 1.06. The van der Waals surface area contributed by atoms with E-state index < -0.39 is 0 Å². The highest BCUT2D eigenvalue weighted by atomic mass is 35.5. The van der Waals surface area contributed by atoms with Crippen molar-refractivity contribution in [2.45, 2.75) is 19.9 Å². The highest BCUT2D eigenvalue weighted by Crippen LogP contribution is 2.15. The summed E-state index contributed by atoms with van der Waals surface area (Å²) in [5.74, 6) is 0. The number of anilines is 1. The summed E-state index contributed by atoms with van der Waals surface area (Å²) >= 11 is 11.7. The molecule has 0 aliphatic carbocycles. The number of halogens is 1. The van der Waals surface area contributed by atoms with Crippen molar-refractivity contribution in [2.75, 3.05) is 44.7 Å². The van der Waals surface area contributed by atoms with Crippen molar-refractivity contribution in [3.05, 3.63) is 64.7 Å². The van der Waals surface area contributed by atoms with E-state index >= 15 is 0 Å². The smallest absolute Gasteiger partial charge is 0.173 e. The maximum Gasteiger partial charge on any atom is 0.173 e. The Kier molecular flexibility index (Phi) is 8.10. The number of nitrogens with zero attached hydrogens (tertiary/aromatic N) is 2. The van der Waals surface area contributed by atoms with E-state index in [1.165, 1.54) is 11.1 Å². The van der Waals surface area contributed by atoms with Crippen LogP contribution < -0.4 is 5.32 Å². The van der Waals surface area contributed by atoms with Crippen molar-refractivity contribution < 1.29 is 4.74 Å². The van der Waals surface area contributed by atoms with Crippen molar-refractivity contribution >= 4 is 34.6 Å². The first-order valence-electron chi connectivity index (χ1n) is 9.77. The molecule has 0 aromatic heterocycles. The Balaban J connectivity index is 1.61. The molecule has 4 nitrogen and oxygen atoms in total. The van der Waals surface area contributed by atoms with Crippen molar-refractivity contribution in [3.8, 4) is 0 Å². The molecule has 3 rings (SSSR count). The number of nitrogens with one attached hydrogen (secondary N) is 1. The van der Waals surface area contributed by atoms with Crippen molar-refractivity contribution in [1.82, 2.24) is 9.80 Å². The van der Waals surface area contributed by atoms with Crippen LogP contribution in [0, 0.1) is 6.92 Å². The third-order valence-electron chi connectivity index (χ3n) is 4.88. The van der Waals surface area contributed by atoms with Gasteiger partial charge in [-0.05, 0) is 55.4 Å². The zero-order valence-corrected chi connectivity index (χ0v) is 17.9. The molecule has 1 fully saturated rings. The van der Waals surface area contributed by atoms with Gasteiger partial charge in [0.2, 0.25) is 0 Å². The number of benzene rings is 2. The molecule has 0 atom stereocenters. The van der Waals surface area contributed by atoms with Crippen LogP contribution in [-0.2, 0) is 11.3 Å². The standard InChI is InChI=1S/C22H28ClN3OS/c1-18-3-5-19(6-4-18)17-26(12-2-11-25-13-15-27-16-14-25)22(28)24-21-9-7-20(23)8-10-21/h3-10H,2,11-17H2,1H3,(H,24,28). The number of morpholine rings is 1. The van der Waals surface area contributed by atoms with E-state index in [2.05, 4.69) is 46.3 Å². The number of aryl methyl sites for hydroxylation is 1. The lowest BCUT2D eigenvalue weighted by Gasteiger charge is -2.29. The van der Waals surface area contributed by atoms with E-state index in [1.54, 1.807) is 0 Å². The van der Waals surface area contributed by atoms with E-state index in [0.717, 1.165) is 68.2 Å². The van der Waals surface area contributed by atoms with Gasteiger partial charge in [-0.2, -0.15) is 0 Å². The number of hydrogen-bond acceptors (Lipinski definition) is 3. The molecule has 0 radical (unpaired) electrons. The molecule has 0 unspecified atom stereocenters. The predicted octanol–water partition coefficient (Wildman–Crippen LogP) is 4.57. The van der Waals surface area contributed by atoms with Crippen LogP contribution in [0.3, 0.4) is 0 Å². The fourth-order valence-corrected chi connectivity index (χ4v) is 3.61. The summed E-state index contributed by atoms with van der Waals surface area (Å²) < 4.78 is 5.44. The van der Waals surface area contributed by atoms with Gasteiger partial charge in [0, 0.05) is 43.4 Å². The van der Waals surface area contributed by atoms with Crippen LogP contribution in [-0.4, -0.2) is 54.3 Å². The summed E-state index contributed by atoms with van der Waals surface area (Å²) in [5, 5.41) is 4.82. The van der Waals surface area contributed by atoms with Crippen molar-refractivity contribution in [3.63, 3.8) is 0 Å². The number of thiocarbonyl (C=S) groups is 1. The Morgan fingerprint density at radius 3 is 2.46 bits per heavy atom. The second kappa shape index (κ2) is 10.8. The lowest BCUT2D eigenvalue weighted by Crippen LogP contribution is -2.40. The molecule has 0 amide bonds. The molecule has 0 saturated carbocycles. The molecule has 0 bridgehead atoms. The lowest BCUT2D eigenvalue weighted by atomic mass is 10.1. The number of hydrogen-bond donors (Lipinski definition) is 1. The van der Waals surface area contributed by atoms with Gasteiger partial charge in [-0.15, -0.1) is 0 Å². The summed E-state index contributed by atoms with van der Waals surface area (Å²) in [7, 11) is 0. The van der Waals surface area contributed by atoms with E-state index in [0.29, 0.717) is 0 Å². The second-order valence-electron chi connectivity index (χ2n) is 7.15. The largest absolute Gasteiger partial charge is 0.379 e. The van der Waals surface area contributed by atoms with Gasteiger partial charge in [0.25, 0.3) is 0 Å². The van der Waals surface area contributed by atoms with Gasteiger partial charge in [-0.1, -0.05) is 41.4 Å². The van der Waals surface area contributed by atoms with Crippen LogP contribution in [0.25, 0.3) is 0 Å². The second-order valence-corrected chi connectivity index (χ2v) is 7.97. The molecule has 1 aliphatic rings. The van der Waals surface area contributed by atoms with Crippen LogP contribution in [0.5, 0.6) is 0 Å². The maximum atomic E-state index is 5.99. The molecule has 28 heavy (non-hydrogen) atoms. The van der Waals surface area contributed by atoms with E-state index in [-0.39, 0.29) is 0 Å². The van der Waals surface area contributed by atoms with Gasteiger partial charge in [0.05, 0.1) is 13.2 Å². The highest BCUT2D eigenvalue weighted by molar-refractivity contribution is 7.80. The molecule has 1 aliphatic heterocycles. The Labute approximate surface area is 178 Å². The van der Waals surface area contributed by atoms with Crippen LogP contribution in [0.15, 0.2) is 48.5 Å². The molecular weight excluding hydrogens is 390 g/mol. The third kappa shape index (κ3) is 6.74. The molecule has 2 aromatic rings. The SMILES string of the molecule is Cc1ccc(CN(CCCN2CCOCC2)C(=S)Nc2ccc(Cl)cc2)cc1. The summed E-state index contributed by atoms with van der Waals surface area (Å²) in [6.45, 7) is 8.59. The summed E-state index contributed by atoms with van der Waals surface area (Å²) in [6, 6.07) is 16.3. The van der Waals surface area contributed by atoms with E-state index in [9.17, 15) is 0 Å². The van der Waals surface area contributed by atoms with Gasteiger partial charge in [0.1, 0.15) is 0 Å². The van der Waals surface area contributed by atoms with Crippen LogP contribution in [0.1, 0.15) is 17.5 Å². The molecule has 2 aromatic carbocycles. The van der Waals surface area contributed by atoms with Gasteiger partial charge in [-0.3, -0.25) is 4.90 Å². The first-order chi connectivity index (χ1) is 13.6. The fraction of sp³-hybridized carbons (Fsp3) is 0.409. The average molecular weight is 418 g/mol. The van der Waals surface area contributed by atoms with Crippen molar-refractivity contribution in [2.24, 2.45) is 0 Å². The molecule has 150 valence electrons. The van der Waals surface area contributed by atoms with Gasteiger partial charge in [0.15, 0.2) is 5.11 Å². The Bertz CT molecular complexity index is 745. The van der Waals surface area contributed by atoms with Gasteiger partial charge in [-0.25, -0.2) is 0 Å². The molecular formula is C22H28ClN3OS. The summed E-state index contributed by atoms with van der Waals surface area (Å²) in [4.78, 5) is 4.71. The minimum atomic E-state index is 0.721. The Hall–Kier alpha value is -1.66. The first-order valence-corrected chi connectivity index (χ1v) is 10.6. The van der Waals surface area contributed by atoms with E-state index in [4.69, 9.17) is 28.6 Å². The molecule has 1 N–H and O–H groups in total. The Morgan fingerprint density at radius 1 is 1.11 bits per heavy atom. The van der Waals surface area contributed by atoms with Crippen LogP contribution in [0.4, 0.5) is 5.69 Å². The average Bonchev–Trinajstić information content (AvgIpc) is 2.71. The molecule has 6 heteroatoms. The van der Waals surface area contributed by atoms with Crippen LogP contribution >= 0.6 is 23.8 Å². The quantitative estimate of drug-likeness (QED) is 0.666. The summed E-state index contributed by atoms with van der Waals surface area (Å²) in [5.41, 5.74) is 3.48. The van der Waals surface area contributed by atoms with Crippen molar-refractivity contribution in [1.29, 1.82) is 0 Å². The predicted molar refractivity (Wildman–Crippen MR) is 121 cm³/mol. The lowest BCUT2D eigenvalue weighted by molar-refractivity contribution is 0.0368. The zero-order valence-electron chi connectivity index (χ0n) is 16.4. The van der Waals surface area contributed by atoms with Gasteiger partial charge < -0.3 is 15.0 Å². The Morgan fingerprint density at radius 2 is 1.79 bits per heavy atom. The topological polar surface area (TPSA) is 27.7 Å². The maximum absolute atomic E-state index is 5.99.